The molecule has 1 amide bonds. The van der Waals surface area contributed by atoms with Crippen molar-refractivity contribution in [2.75, 3.05) is 6.54 Å². The molecule has 1 aliphatic rings. The van der Waals surface area contributed by atoms with Gasteiger partial charge in [-0.25, -0.2) is 0 Å². The molecule has 1 heterocycles. The highest BCUT2D eigenvalue weighted by Gasteiger charge is 2.16. The molecule has 100 valence electrons. The molecule has 1 saturated heterocycles. The van der Waals surface area contributed by atoms with Crippen LogP contribution < -0.4 is 0 Å². The number of carbonyl (C=O) groups excluding carboxylic acids is 1. The summed E-state index contributed by atoms with van der Waals surface area (Å²) in [5.74, 6) is 0.267. The first kappa shape index (κ1) is 13.6. The summed E-state index contributed by atoms with van der Waals surface area (Å²) in [7, 11) is 0. The van der Waals surface area contributed by atoms with Crippen molar-refractivity contribution in [1.29, 1.82) is 5.26 Å². The summed E-state index contributed by atoms with van der Waals surface area (Å²) in [5, 5.41) is 8.87. The number of aryl methyl sites for hydroxylation is 1. The van der Waals surface area contributed by atoms with Gasteiger partial charge in [0.25, 0.3) is 0 Å². The van der Waals surface area contributed by atoms with Crippen LogP contribution in [0.5, 0.6) is 0 Å². The van der Waals surface area contributed by atoms with Gasteiger partial charge in [-0.1, -0.05) is 18.9 Å². The van der Waals surface area contributed by atoms with Gasteiger partial charge in [-0.3, -0.25) is 4.79 Å². The maximum absolute atomic E-state index is 12.1. The van der Waals surface area contributed by atoms with Crippen molar-refractivity contribution in [3.8, 4) is 6.07 Å². The van der Waals surface area contributed by atoms with Crippen molar-refractivity contribution in [2.24, 2.45) is 0 Å². The first-order chi connectivity index (χ1) is 9.20. The molecular weight excluding hydrogens is 236 g/mol. The maximum Gasteiger partial charge on any atom is 0.222 e. The third-order valence-corrected chi connectivity index (χ3v) is 3.75. The molecule has 2 rings (SSSR count). The van der Waals surface area contributed by atoms with E-state index >= 15 is 0 Å². The largest absolute Gasteiger partial charge is 0.338 e. The van der Waals surface area contributed by atoms with Crippen LogP contribution in [0.25, 0.3) is 0 Å². The van der Waals surface area contributed by atoms with Crippen molar-refractivity contribution in [2.45, 2.75) is 45.6 Å². The van der Waals surface area contributed by atoms with Crippen LogP contribution in [0, 0.1) is 18.3 Å². The normalized spacial score (nSPS) is 16.6. The number of rotatable bonds is 2. The van der Waals surface area contributed by atoms with Gasteiger partial charge in [-0.2, -0.15) is 5.26 Å². The summed E-state index contributed by atoms with van der Waals surface area (Å²) in [6.07, 6.45) is 5.18. The Balaban J connectivity index is 2.10. The van der Waals surface area contributed by atoms with Gasteiger partial charge < -0.3 is 4.90 Å². The third-order valence-electron chi connectivity index (χ3n) is 3.75. The molecular formula is C16H20N2O. The Labute approximate surface area is 114 Å². The Morgan fingerprint density at radius 2 is 2.05 bits per heavy atom. The van der Waals surface area contributed by atoms with Crippen LogP contribution in [0.15, 0.2) is 18.2 Å². The number of benzene rings is 1. The predicted molar refractivity (Wildman–Crippen MR) is 74.4 cm³/mol. The van der Waals surface area contributed by atoms with E-state index in [-0.39, 0.29) is 5.91 Å². The third kappa shape index (κ3) is 3.57. The number of likely N-dealkylation sites (tertiary alicyclic amines) is 1. The average molecular weight is 256 g/mol. The molecule has 0 N–H and O–H groups in total. The first-order valence-corrected chi connectivity index (χ1v) is 6.98. The van der Waals surface area contributed by atoms with Gasteiger partial charge in [0.15, 0.2) is 0 Å². The lowest BCUT2D eigenvalue weighted by Crippen LogP contribution is -2.32. The van der Waals surface area contributed by atoms with E-state index in [1.165, 1.54) is 12.8 Å². The lowest BCUT2D eigenvalue weighted by Gasteiger charge is -2.25. The van der Waals surface area contributed by atoms with E-state index in [1.54, 1.807) is 0 Å². The molecule has 19 heavy (non-hydrogen) atoms. The van der Waals surface area contributed by atoms with Gasteiger partial charge in [-0.15, -0.1) is 0 Å². The van der Waals surface area contributed by atoms with E-state index in [0.29, 0.717) is 18.5 Å². The second-order valence-electron chi connectivity index (χ2n) is 5.23. The molecule has 1 aromatic carbocycles. The lowest BCUT2D eigenvalue weighted by atomic mass is 10.0. The topological polar surface area (TPSA) is 44.1 Å². The van der Waals surface area contributed by atoms with Crippen molar-refractivity contribution >= 4 is 5.91 Å². The molecule has 0 saturated carbocycles. The highest BCUT2D eigenvalue weighted by atomic mass is 16.2. The minimum Gasteiger partial charge on any atom is -0.338 e. The van der Waals surface area contributed by atoms with Crippen molar-refractivity contribution in [3.05, 3.63) is 34.9 Å². The van der Waals surface area contributed by atoms with Crippen LogP contribution >= 0.6 is 0 Å². The Morgan fingerprint density at radius 1 is 1.26 bits per heavy atom. The molecule has 0 aliphatic carbocycles. The van der Waals surface area contributed by atoms with E-state index in [0.717, 1.165) is 30.5 Å². The van der Waals surface area contributed by atoms with Crippen LogP contribution in [-0.2, 0) is 11.3 Å². The average Bonchev–Trinajstić information content (AvgIpc) is 2.40. The molecule has 1 fully saturated rings. The summed E-state index contributed by atoms with van der Waals surface area (Å²) in [4.78, 5) is 14.0. The molecule has 0 atom stereocenters. The van der Waals surface area contributed by atoms with Gasteiger partial charge in [0.1, 0.15) is 0 Å². The highest BCUT2D eigenvalue weighted by molar-refractivity contribution is 5.76. The van der Waals surface area contributed by atoms with Crippen LogP contribution in [0.4, 0.5) is 0 Å². The second kappa shape index (κ2) is 6.38. The fourth-order valence-corrected chi connectivity index (χ4v) is 2.53. The summed E-state index contributed by atoms with van der Waals surface area (Å²) >= 11 is 0. The molecule has 0 spiro atoms. The Kier molecular flexibility index (Phi) is 4.57. The molecule has 0 unspecified atom stereocenters. The molecule has 3 nitrogen and oxygen atoms in total. The van der Waals surface area contributed by atoms with Gasteiger partial charge in [0, 0.05) is 19.5 Å². The number of amides is 1. The van der Waals surface area contributed by atoms with E-state index in [2.05, 4.69) is 6.07 Å². The Hall–Kier alpha value is -1.82. The summed E-state index contributed by atoms with van der Waals surface area (Å²) in [5.41, 5.74) is 2.92. The Bertz CT molecular complexity index is 502. The summed E-state index contributed by atoms with van der Waals surface area (Å²) < 4.78 is 0. The fourth-order valence-electron chi connectivity index (χ4n) is 2.53. The van der Waals surface area contributed by atoms with Gasteiger partial charge >= 0.3 is 0 Å². The number of hydrogen-bond acceptors (Lipinski definition) is 2. The quantitative estimate of drug-likeness (QED) is 0.815. The standard InChI is InChI=1S/C16H20N2O/c1-13-10-14(11-17)7-8-15(13)12-18-9-5-3-2-4-6-16(18)19/h7-8,10H,2-6,9,12H2,1H3. The molecule has 1 aliphatic heterocycles. The van der Waals surface area contributed by atoms with Crippen molar-refractivity contribution < 1.29 is 4.79 Å². The van der Waals surface area contributed by atoms with Crippen molar-refractivity contribution in [3.63, 3.8) is 0 Å². The van der Waals surface area contributed by atoms with E-state index in [9.17, 15) is 4.79 Å². The molecule has 1 aromatic rings. The predicted octanol–water partition coefficient (Wildman–Crippen LogP) is 3.16. The van der Waals surface area contributed by atoms with Crippen molar-refractivity contribution in [1.82, 2.24) is 4.90 Å². The molecule has 3 heteroatoms. The molecule has 0 radical (unpaired) electrons. The number of hydrogen-bond donors (Lipinski definition) is 0. The van der Waals surface area contributed by atoms with Gasteiger partial charge in [-0.05, 0) is 43.0 Å². The zero-order valence-electron chi connectivity index (χ0n) is 11.5. The van der Waals surface area contributed by atoms with Crippen LogP contribution in [0.2, 0.25) is 0 Å². The number of carbonyl (C=O) groups is 1. The van der Waals surface area contributed by atoms with Crippen LogP contribution in [0.3, 0.4) is 0 Å². The summed E-state index contributed by atoms with van der Waals surface area (Å²) in [6.45, 7) is 3.54. The maximum atomic E-state index is 12.1. The highest BCUT2D eigenvalue weighted by Crippen LogP contribution is 2.17. The first-order valence-electron chi connectivity index (χ1n) is 6.98. The Morgan fingerprint density at radius 3 is 2.79 bits per heavy atom. The second-order valence-corrected chi connectivity index (χ2v) is 5.23. The monoisotopic (exact) mass is 256 g/mol. The fraction of sp³-hybridized carbons (Fsp3) is 0.500. The summed E-state index contributed by atoms with van der Waals surface area (Å²) in [6, 6.07) is 7.84. The minimum absolute atomic E-state index is 0.267. The molecule has 0 aromatic heterocycles. The number of nitriles is 1. The SMILES string of the molecule is Cc1cc(C#N)ccc1CN1CCCCCCC1=O. The van der Waals surface area contributed by atoms with Crippen LogP contribution in [-0.4, -0.2) is 17.4 Å². The molecule has 0 bridgehead atoms. The lowest BCUT2D eigenvalue weighted by molar-refractivity contribution is -0.132. The zero-order chi connectivity index (χ0) is 13.7. The van der Waals surface area contributed by atoms with Gasteiger partial charge in [0.05, 0.1) is 11.6 Å². The van der Waals surface area contributed by atoms with Crippen LogP contribution in [0.1, 0.15) is 48.8 Å². The van der Waals surface area contributed by atoms with E-state index < -0.39 is 0 Å². The zero-order valence-corrected chi connectivity index (χ0v) is 11.5. The number of nitrogens with zero attached hydrogens (tertiary/aromatic N) is 2. The smallest absolute Gasteiger partial charge is 0.222 e. The van der Waals surface area contributed by atoms with E-state index in [1.807, 2.05) is 30.0 Å². The van der Waals surface area contributed by atoms with Gasteiger partial charge in [0.2, 0.25) is 5.91 Å². The van der Waals surface area contributed by atoms with E-state index in [4.69, 9.17) is 5.26 Å². The minimum atomic E-state index is 0.267.